The number of para-hydroxylation sites is 1. The fourth-order valence-corrected chi connectivity index (χ4v) is 4.70. The lowest BCUT2D eigenvalue weighted by Crippen LogP contribution is -2.41. The summed E-state index contributed by atoms with van der Waals surface area (Å²) in [6, 6.07) is 7.36. The van der Waals surface area contributed by atoms with Gasteiger partial charge in [0.2, 0.25) is 0 Å². The second-order valence-electron chi connectivity index (χ2n) is 7.97. The number of carboxylic acids is 1. The van der Waals surface area contributed by atoms with Gasteiger partial charge in [-0.25, -0.2) is 9.36 Å². The van der Waals surface area contributed by atoms with Crippen LogP contribution in [0.1, 0.15) is 41.6 Å². The van der Waals surface area contributed by atoms with Crippen molar-refractivity contribution in [3.63, 3.8) is 0 Å². The first-order chi connectivity index (χ1) is 16.5. The molecule has 3 aromatic rings. The van der Waals surface area contributed by atoms with Crippen molar-refractivity contribution in [2.75, 3.05) is 13.7 Å². The Bertz CT molecular complexity index is 1320. The topological polar surface area (TPSA) is 140 Å². The van der Waals surface area contributed by atoms with Crippen LogP contribution in [0.15, 0.2) is 33.9 Å². The molecule has 0 spiro atoms. The summed E-state index contributed by atoms with van der Waals surface area (Å²) in [6.45, 7) is 6.70. The van der Waals surface area contributed by atoms with E-state index < -0.39 is 23.8 Å². The van der Waals surface area contributed by atoms with Crippen LogP contribution in [0, 0.1) is 6.92 Å². The van der Waals surface area contributed by atoms with Crippen LogP contribution in [-0.2, 0) is 24.3 Å². The number of aliphatic carboxylic acids is 1. The van der Waals surface area contributed by atoms with Crippen molar-refractivity contribution in [2.45, 2.75) is 53.3 Å². The van der Waals surface area contributed by atoms with Crippen molar-refractivity contribution >= 4 is 33.4 Å². The lowest BCUT2D eigenvalue weighted by atomic mass is 10.1. The van der Waals surface area contributed by atoms with E-state index in [0.717, 1.165) is 16.9 Å². The minimum absolute atomic E-state index is 0.167. The first-order valence-corrected chi connectivity index (χ1v) is 11.9. The number of aliphatic hydroxyl groups excluding tert-OH is 1. The number of thiophene rings is 1. The molecule has 3 N–H and O–H groups in total. The van der Waals surface area contributed by atoms with Crippen LogP contribution in [0.3, 0.4) is 0 Å². The highest BCUT2D eigenvalue weighted by molar-refractivity contribution is 7.20. The van der Waals surface area contributed by atoms with Crippen molar-refractivity contribution in [1.29, 1.82) is 0 Å². The smallest absolute Gasteiger partial charge is 0.332 e. The summed E-state index contributed by atoms with van der Waals surface area (Å²) in [5.41, 5.74) is -0.141. The second kappa shape index (κ2) is 12.3. The predicted molar refractivity (Wildman–Crippen MR) is 135 cm³/mol. The minimum atomic E-state index is -1.30. The third kappa shape index (κ3) is 6.58. The van der Waals surface area contributed by atoms with E-state index in [2.05, 4.69) is 5.32 Å². The van der Waals surface area contributed by atoms with Crippen molar-refractivity contribution in [3.8, 4) is 5.75 Å². The van der Waals surface area contributed by atoms with Gasteiger partial charge in [0, 0.05) is 19.2 Å². The van der Waals surface area contributed by atoms with E-state index >= 15 is 0 Å². The van der Waals surface area contributed by atoms with E-state index in [1.54, 1.807) is 34.8 Å². The molecule has 0 saturated carbocycles. The van der Waals surface area contributed by atoms with Gasteiger partial charge in [-0.05, 0) is 51.3 Å². The van der Waals surface area contributed by atoms with Crippen molar-refractivity contribution in [3.05, 3.63) is 61.1 Å². The second-order valence-corrected chi connectivity index (χ2v) is 8.97. The molecule has 3 rings (SSSR count). The zero-order valence-electron chi connectivity index (χ0n) is 20.5. The van der Waals surface area contributed by atoms with Gasteiger partial charge in [0.25, 0.3) is 11.5 Å². The largest absolute Gasteiger partial charge is 0.496 e. The molecular formula is C24H31N3O7S. The number of fused-ring (bicyclic) bond motifs is 1. The number of benzene rings is 1. The first kappa shape index (κ1) is 27.8. The maximum atomic E-state index is 13.1. The molecule has 0 atom stereocenters. The summed E-state index contributed by atoms with van der Waals surface area (Å²) in [5, 5.41) is 20.1. The third-order valence-corrected chi connectivity index (χ3v) is 6.24. The highest BCUT2D eigenvalue weighted by Gasteiger charge is 2.23. The third-order valence-electron chi connectivity index (χ3n) is 4.93. The van der Waals surface area contributed by atoms with Gasteiger partial charge >= 0.3 is 11.7 Å². The molecule has 2 aromatic heterocycles. The van der Waals surface area contributed by atoms with E-state index in [9.17, 15) is 24.3 Å². The Labute approximate surface area is 206 Å². The lowest BCUT2D eigenvalue weighted by Gasteiger charge is -2.12. The number of nitrogens with one attached hydrogen (secondary N) is 1. The number of rotatable bonds is 8. The van der Waals surface area contributed by atoms with E-state index in [4.69, 9.17) is 9.84 Å². The highest BCUT2D eigenvalue weighted by Crippen LogP contribution is 2.28. The molecule has 0 saturated heterocycles. The molecule has 0 fully saturated rings. The zero-order valence-corrected chi connectivity index (χ0v) is 21.3. The Morgan fingerprint density at radius 2 is 1.80 bits per heavy atom. The molecule has 190 valence electrons. The summed E-state index contributed by atoms with van der Waals surface area (Å²) in [5.74, 6) is -0.975. The average Bonchev–Trinajstić information content (AvgIpc) is 3.13. The van der Waals surface area contributed by atoms with Crippen LogP contribution in [0.25, 0.3) is 10.2 Å². The van der Waals surface area contributed by atoms with Gasteiger partial charge in [0.05, 0.1) is 17.4 Å². The molecule has 0 aliphatic rings. The number of aryl methyl sites for hydroxylation is 3. The summed E-state index contributed by atoms with van der Waals surface area (Å²) >= 11 is 1.06. The van der Waals surface area contributed by atoms with Gasteiger partial charge in [-0.3, -0.25) is 19.0 Å². The first-order valence-electron chi connectivity index (χ1n) is 11.1. The summed E-state index contributed by atoms with van der Waals surface area (Å²) < 4.78 is 7.43. The number of aromatic nitrogens is 2. The quantitative estimate of drug-likeness (QED) is 0.425. The minimum Gasteiger partial charge on any atom is -0.496 e. The number of ether oxygens (including phenoxy) is 1. The Morgan fingerprint density at radius 3 is 2.37 bits per heavy atom. The number of aliphatic hydroxyl groups is 1. The molecular weight excluding hydrogens is 474 g/mol. The monoisotopic (exact) mass is 505 g/mol. The molecule has 0 radical (unpaired) electrons. The van der Waals surface area contributed by atoms with Gasteiger partial charge in [-0.15, -0.1) is 11.3 Å². The standard InChI is InChI=1S/C21H23N3O6S.C3H8O/c1-4-22-18(27)17-12(2)16-19(28)24(11-15(25)26)21(29)23(20(16)31-17)10-9-13-7-5-6-8-14(13)30-3;1-3(2)4/h5-8H,4,9-11H2,1-3H3,(H,22,27)(H,25,26);3-4H,1-2H3. The fraction of sp³-hybridized carbons (Fsp3) is 0.417. The van der Waals surface area contributed by atoms with E-state index in [1.807, 2.05) is 24.3 Å². The number of hydrogen-bond acceptors (Lipinski definition) is 7. The van der Waals surface area contributed by atoms with E-state index in [-0.39, 0.29) is 23.9 Å². The van der Waals surface area contributed by atoms with Gasteiger partial charge in [0.1, 0.15) is 17.1 Å². The summed E-state index contributed by atoms with van der Waals surface area (Å²) in [6.07, 6.45) is 0.248. The number of carbonyl (C=O) groups is 2. The SMILES string of the molecule is CC(C)O.CCNC(=O)c1sc2c(c1C)c(=O)n(CC(=O)O)c(=O)n2CCc1ccccc1OC. The number of carbonyl (C=O) groups excluding carboxylic acids is 1. The number of amides is 1. The summed E-state index contributed by atoms with van der Waals surface area (Å²) in [7, 11) is 1.55. The van der Waals surface area contributed by atoms with Gasteiger partial charge in [0.15, 0.2) is 0 Å². The fourth-order valence-electron chi connectivity index (χ4n) is 3.47. The number of carboxylic acid groups (broad SMARTS) is 1. The van der Waals surface area contributed by atoms with Gasteiger partial charge < -0.3 is 20.3 Å². The van der Waals surface area contributed by atoms with Crippen LogP contribution in [0.4, 0.5) is 0 Å². The molecule has 10 nitrogen and oxygen atoms in total. The van der Waals surface area contributed by atoms with Crippen LogP contribution in [0.5, 0.6) is 5.75 Å². The highest BCUT2D eigenvalue weighted by atomic mass is 32.1. The van der Waals surface area contributed by atoms with Gasteiger partial charge in [-0.2, -0.15) is 0 Å². The molecule has 0 unspecified atom stereocenters. The molecule has 0 aliphatic heterocycles. The van der Waals surface area contributed by atoms with Crippen LogP contribution in [-0.4, -0.2) is 51.0 Å². The Hall–Kier alpha value is -3.44. The summed E-state index contributed by atoms with van der Waals surface area (Å²) in [4.78, 5) is 50.5. The van der Waals surface area contributed by atoms with Crippen molar-refractivity contribution < 1.29 is 24.5 Å². The molecule has 0 bridgehead atoms. The molecule has 1 amide bonds. The number of methoxy groups -OCH3 is 1. The van der Waals surface area contributed by atoms with Gasteiger partial charge in [-0.1, -0.05) is 18.2 Å². The average molecular weight is 506 g/mol. The maximum absolute atomic E-state index is 13.1. The Kier molecular flexibility index (Phi) is 9.78. The zero-order chi connectivity index (χ0) is 26.3. The maximum Gasteiger partial charge on any atom is 0.332 e. The lowest BCUT2D eigenvalue weighted by molar-refractivity contribution is -0.137. The molecule has 1 aromatic carbocycles. The Balaban J connectivity index is 0.00000100. The van der Waals surface area contributed by atoms with Crippen LogP contribution in [0.2, 0.25) is 0 Å². The number of hydrogen-bond donors (Lipinski definition) is 3. The Morgan fingerprint density at radius 1 is 1.17 bits per heavy atom. The molecule has 35 heavy (non-hydrogen) atoms. The van der Waals surface area contributed by atoms with Crippen LogP contribution < -0.4 is 21.3 Å². The normalized spacial score (nSPS) is 10.7. The van der Waals surface area contributed by atoms with E-state index in [0.29, 0.717) is 38.6 Å². The molecule has 0 aliphatic carbocycles. The molecule has 2 heterocycles. The van der Waals surface area contributed by atoms with Crippen molar-refractivity contribution in [2.24, 2.45) is 0 Å². The van der Waals surface area contributed by atoms with Crippen LogP contribution >= 0.6 is 11.3 Å². The van der Waals surface area contributed by atoms with E-state index in [1.165, 1.54) is 4.57 Å². The predicted octanol–water partition coefficient (Wildman–Crippen LogP) is 2.01. The van der Waals surface area contributed by atoms with Crippen molar-refractivity contribution in [1.82, 2.24) is 14.5 Å². The number of nitrogens with zero attached hydrogens (tertiary/aromatic N) is 2. The molecule has 11 heteroatoms.